The molecular formula is C17H16N6O3. The summed E-state index contributed by atoms with van der Waals surface area (Å²) in [6.07, 6.45) is 0.948. The summed E-state index contributed by atoms with van der Waals surface area (Å²) in [5.41, 5.74) is 2.45. The van der Waals surface area contributed by atoms with E-state index in [4.69, 9.17) is 0 Å². The van der Waals surface area contributed by atoms with E-state index >= 15 is 0 Å². The maximum absolute atomic E-state index is 12.1. The van der Waals surface area contributed by atoms with Crippen molar-refractivity contribution in [2.24, 2.45) is 0 Å². The van der Waals surface area contributed by atoms with Gasteiger partial charge >= 0.3 is 0 Å². The number of nitro groups is 1. The Bertz CT molecular complexity index is 918. The van der Waals surface area contributed by atoms with Gasteiger partial charge in [0.25, 0.3) is 5.69 Å². The van der Waals surface area contributed by atoms with E-state index < -0.39 is 4.92 Å². The van der Waals surface area contributed by atoms with Crippen molar-refractivity contribution >= 4 is 17.3 Å². The molecule has 0 aliphatic heterocycles. The summed E-state index contributed by atoms with van der Waals surface area (Å²) in [6.45, 7) is 1.96. The van der Waals surface area contributed by atoms with Gasteiger partial charge in [-0.3, -0.25) is 14.9 Å². The number of rotatable bonds is 6. The summed E-state index contributed by atoms with van der Waals surface area (Å²) in [6, 6.07) is 13.4. The number of non-ortho nitro benzene ring substituents is 1. The van der Waals surface area contributed by atoms with Gasteiger partial charge < -0.3 is 5.32 Å². The van der Waals surface area contributed by atoms with Gasteiger partial charge in [-0.25, -0.2) is 0 Å². The topological polar surface area (TPSA) is 116 Å². The van der Waals surface area contributed by atoms with E-state index in [0.717, 1.165) is 12.0 Å². The minimum atomic E-state index is -0.500. The Hall–Kier alpha value is -3.62. The lowest BCUT2D eigenvalue weighted by atomic mass is 10.1. The van der Waals surface area contributed by atoms with Crippen molar-refractivity contribution in [3.8, 4) is 11.4 Å². The molecule has 0 saturated heterocycles. The van der Waals surface area contributed by atoms with Crippen molar-refractivity contribution in [2.75, 3.05) is 5.32 Å². The van der Waals surface area contributed by atoms with Gasteiger partial charge in [-0.1, -0.05) is 31.2 Å². The Balaban J connectivity index is 1.62. The first-order valence-electron chi connectivity index (χ1n) is 7.96. The lowest BCUT2D eigenvalue weighted by molar-refractivity contribution is -0.384. The fourth-order valence-electron chi connectivity index (χ4n) is 2.31. The zero-order chi connectivity index (χ0) is 18.5. The third-order valence-electron chi connectivity index (χ3n) is 3.72. The fraction of sp³-hybridized carbons (Fsp3) is 0.176. The largest absolute Gasteiger partial charge is 0.324 e. The van der Waals surface area contributed by atoms with Crippen molar-refractivity contribution in [3.63, 3.8) is 0 Å². The molecule has 0 saturated carbocycles. The molecule has 3 aromatic rings. The standard InChI is InChI=1S/C17H16N6O3/c1-2-12-3-5-13(6-4-12)17-19-21-22(20-17)11-16(24)18-14-7-9-15(10-8-14)23(25)26/h3-10H,2,11H2,1H3,(H,18,24). The second-order valence-electron chi connectivity index (χ2n) is 5.55. The number of tetrazole rings is 1. The quantitative estimate of drug-likeness (QED) is 0.538. The molecule has 0 radical (unpaired) electrons. The zero-order valence-electron chi connectivity index (χ0n) is 14.0. The Morgan fingerprint density at radius 2 is 1.85 bits per heavy atom. The van der Waals surface area contributed by atoms with Crippen molar-refractivity contribution in [1.82, 2.24) is 20.2 Å². The van der Waals surface area contributed by atoms with Crippen LogP contribution in [-0.2, 0) is 17.8 Å². The molecule has 1 N–H and O–H groups in total. The number of aryl methyl sites for hydroxylation is 1. The van der Waals surface area contributed by atoms with Gasteiger partial charge in [0.2, 0.25) is 11.7 Å². The summed E-state index contributed by atoms with van der Waals surface area (Å²) in [4.78, 5) is 23.4. The van der Waals surface area contributed by atoms with Crippen LogP contribution in [0.3, 0.4) is 0 Å². The lowest BCUT2D eigenvalue weighted by Crippen LogP contribution is -2.20. The second-order valence-corrected chi connectivity index (χ2v) is 5.55. The molecule has 1 aromatic heterocycles. The first-order chi connectivity index (χ1) is 12.5. The van der Waals surface area contributed by atoms with Crippen LogP contribution in [0.15, 0.2) is 48.5 Å². The number of nitrogens with zero attached hydrogens (tertiary/aromatic N) is 5. The third kappa shape index (κ3) is 4.07. The van der Waals surface area contributed by atoms with Crippen LogP contribution in [-0.4, -0.2) is 31.0 Å². The minimum Gasteiger partial charge on any atom is -0.324 e. The van der Waals surface area contributed by atoms with E-state index in [1.54, 1.807) is 0 Å². The van der Waals surface area contributed by atoms with Crippen LogP contribution in [0.25, 0.3) is 11.4 Å². The van der Waals surface area contributed by atoms with Crippen LogP contribution in [0.1, 0.15) is 12.5 Å². The molecular weight excluding hydrogens is 336 g/mol. The molecule has 0 bridgehead atoms. The molecule has 0 aliphatic rings. The zero-order valence-corrected chi connectivity index (χ0v) is 14.0. The number of aromatic nitrogens is 4. The first-order valence-corrected chi connectivity index (χ1v) is 7.96. The molecule has 0 fully saturated rings. The minimum absolute atomic E-state index is 0.0420. The molecule has 2 aromatic carbocycles. The number of hydrogen-bond acceptors (Lipinski definition) is 6. The maximum Gasteiger partial charge on any atom is 0.269 e. The average Bonchev–Trinajstić information content (AvgIpc) is 3.10. The smallest absolute Gasteiger partial charge is 0.269 e. The molecule has 3 rings (SSSR count). The van der Waals surface area contributed by atoms with E-state index in [0.29, 0.717) is 11.5 Å². The predicted molar refractivity (Wildman–Crippen MR) is 94.4 cm³/mol. The predicted octanol–water partition coefficient (Wildman–Crippen LogP) is 2.45. The molecule has 0 spiro atoms. The molecule has 1 amide bonds. The Morgan fingerprint density at radius 1 is 1.15 bits per heavy atom. The number of benzene rings is 2. The highest BCUT2D eigenvalue weighted by Crippen LogP contribution is 2.16. The summed E-state index contributed by atoms with van der Waals surface area (Å²) in [5, 5.41) is 25.3. The molecule has 0 atom stereocenters. The van der Waals surface area contributed by atoms with E-state index in [1.165, 1.54) is 34.6 Å². The van der Waals surface area contributed by atoms with Gasteiger partial charge in [0.05, 0.1) is 4.92 Å². The van der Waals surface area contributed by atoms with Gasteiger partial charge in [-0.2, -0.15) is 4.80 Å². The van der Waals surface area contributed by atoms with E-state index in [1.807, 2.05) is 24.3 Å². The number of carbonyl (C=O) groups is 1. The third-order valence-corrected chi connectivity index (χ3v) is 3.72. The normalized spacial score (nSPS) is 10.5. The van der Waals surface area contributed by atoms with Crippen molar-refractivity contribution in [2.45, 2.75) is 19.9 Å². The van der Waals surface area contributed by atoms with Gasteiger partial charge in [0.15, 0.2) is 0 Å². The number of nitrogens with one attached hydrogen (secondary N) is 1. The number of amides is 1. The number of anilines is 1. The van der Waals surface area contributed by atoms with Crippen LogP contribution in [0, 0.1) is 10.1 Å². The van der Waals surface area contributed by atoms with Gasteiger partial charge in [0, 0.05) is 23.4 Å². The van der Waals surface area contributed by atoms with Gasteiger partial charge in [-0.15, -0.1) is 10.2 Å². The SMILES string of the molecule is CCc1ccc(-c2nnn(CC(=O)Nc3ccc([N+](=O)[O-])cc3)n2)cc1. The Morgan fingerprint density at radius 3 is 2.46 bits per heavy atom. The molecule has 132 valence electrons. The number of carbonyl (C=O) groups excluding carboxylic acids is 1. The van der Waals surface area contributed by atoms with E-state index in [-0.39, 0.29) is 18.1 Å². The molecule has 9 heteroatoms. The highest BCUT2D eigenvalue weighted by atomic mass is 16.6. The maximum atomic E-state index is 12.1. The second kappa shape index (κ2) is 7.51. The summed E-state index contributed by atoms with van der Waals surface area (Å²) in [5.74, 6) is 0.0833. The summed E-state index contributed by atoms with van der Waals surface area (Å²) < 4.78 is 0. The van der Waals surface area contributed by atoms with Crippen molar-refractivity contribution in [1.29, 1.82) is 0 Å². The Kier molecular flexibility index (Phi) is 4.97. The highest BCUT2D eigenvalue weighted by molar-refractivity contribution is 5.90. The van der Waals surface area contributed by atoms with E-state index in [2.05, 4.69) is 27.7 Å². The van der Waals surface area contributed by atoms with Crippen LogP contribution in [0.2, 0.25) is 0 Å². The molecule has 0 unspecified atom stereocenters. The molecule has 26 heavy (non-hydrogen) atoms. The molecule has 1 heterocycles. The van der Waals surface area contributed by atoms with Crippen LogP contribution in [0.5, 0.6) is 0 Å². The fourth-order valence-corrected chi connectivity index (χ4v) is 2.31. The van der Waals surface area contributed by atoms with E-state index in [9.17, 15) is 14.9 Å². The number of nitro benzene ring substituents is 1. The Labute approximate surface area is 148 Å². The van der Waals surface area contributed by atoms with Crippen LogP contribution < -0.4 is 5.32 Å². The lowest BCUT2D eigenvalue weighted by Gasteiger charge is -2.03. The van der Waals surface area contributed by atoms with Crippen molar-refractivity contribution < 1.29 is 9.72 Å². The average molecular weight is 352 g/mol. The van der Waals surface area contributed by atoms with Crippen LogP contribution >= 0.6 is 0 Å². The summed E-state index contributed by atoms with van der Waals surface area (Å²) in [7, 11) is 0. The number of hydrogen-bond donors (Lipinski definition) is 1. The molecule has 0 aliphatic carbocycles. The molecule has 9 nitrogen and oxygen atoms in total. The van der Waals surface area contributed by atoms with Crippen LogP contribution in [0.4, 0.5) is 11.4 Å². The highest BCUT2D eigenvalue weighted by Gasteiger charge is 2.10. The summed E-state index contributed by atoms with van der Waals surface area (Å²) >= 11 is 0. The van der Waals surface area contributed by atoms with Gasteiger partial charge in [-0.05, 0) is 29.3 Å². The van der Waals surface area contributed by atoms with Gasteiger partial charge in [0.1, 0.15) is 6.54 Å². The monoisotopic (exact) mass is 352 g/mol. The van der Waals surface area contributed by atoms with Crippen molar-refractivity contribution in [3.05, 3.63) is 64.2 Å². The first kappa shape index (κ1) is 17.2.